The molecule has 1 heterocycles. The minimum absolute atomic E-state index is 0.00950. The molecule has 164 valence electrons. The first-order chi connectivity index (χ1) is 14.1. The number of hydrogen-bond donors (Lipinski definition) is 2. The first-order valence-corrected chi connectivity index (χ1v) is 10.7. The Bertz CT molecular complexity index is 787. The number of thiocarbonyl (C=S) groups is 1. The van der Waals surface area contributed by atoms with Gasteiger partial charge in [-0.3, -0.25) is 19.7 Å². The zero-order valence-corrected chi connectivity index (χ0v) is 18.9. The van der Waals surface area contributed by atoms with Crippen LogP contribution in [-0.2, 0) is 19.7 Å². The number of piperazine rings is 1. The van der Waals surface area contributed by atoms with Gasteiger partial charge in [-0.2, -0.15) is 0 Å². The van der Waals surface area contributed by atoms with Crippen molar-refractivity contribution in [1.29, 1.82) is 0 Å². The van der Waals surface area contributed by atoms with Gasteiger partial charge in [0.25, 0.3) is 5.91 Å². The molecular formula is C22H31N3O4S. The summed E-state index contributed by atoms with van der Waals surface area (Å²) < 4.78 is 5.17. The standard InChI is InChI=1S/C22H31N3O4S/c1-5-6-13-29-18(26)14-17-20(28)23-11-12-25(17)21(30)24-19(27)15-7-9-16(10-8-15)22(2,3)4/h7-10,17H,5-6,11-14H2,1-4H3,(H,23,28)(H,24,27,30). The van der Waals surface area contributed by atoms with Crippen LogP contribution in [0.3, 0.4) is 0 Å². The number of nitrogens with zero attached hydrogens (tertiary/aromatic N) is 1. The summed E-state index contributed by atoms with van der Waals surface area (Å²) in [5.41, 5.74) is 1.59. The molecule has 1 aliphatic rings. The van der Waals surface area contributed by atoms with Gasteiger partial charge in [-0.1, -0.05) is 46.2 Å². The normalized spacial score (nSPS) is 16.6. The van der Waals surface area contributed by atoms with E-state index in [2.05, 4.69) is 31.4 Å². The van der Waals surface area contributed by atoms with Crippen LogP contribution in [0.4, 0.5) is 0 Å². The Hall–Kier alpha value is -2.48. The Kier molecular flexibility index (Phi) is 8.34. The molecule has 8 heteroatoms. The maximum atomic E-state index is 12.6. The zero-order chi connectivity index (χ0) is 22.3. The number of carbonyl (C=O) groups excluding carboxylic acids is 3. The molecule has 1 fully saturated rings. The number of esters is 1. The van der Waals surface area contributed by atoms with Crippen molar-refractivity contribution in [2.45, 2.75) is 58.4 Å². The number of benzene rings is 1. The van der Waals surface area contributed by atoms with Crippen molar-refractivity contribution >= 4 is 35.1 Å². The van der Waals surface area contributed by atoms with Gasteiger partial charge < -0.3 is 15.0 Å². The predicted molar refractivity (Wildman–Crippen MR) is 119 cm³/mol. The Morgan fingerprint density at radius 2 is 1.93 bits per heavy atom. The highest BCUT2D eigenvalue weighted by atomic mass is 32.1. The van der Waals surface area contributed by atoms with E-state index in [4.69, 9.17) is 17.0 Å². The van der Waals surface area contributed by atoms with Crippen LogP contribution in [0.15, 0.2) is 24.3 Å². The smallest absolute Gasteiger partial charge is 0.308 e. The molecule has 0 aliphatic carbocycles. The number of nitrogens with one attached hydrogen (secondary N) is 2. The van der Waals surface area contributed by atoms with E-state index in [1.165, 1.54) is 0 Å². The van der Waals surface area contributed by atoms with Crippen LogP contribution in [-0.4, -0.2) is 53.5 Å². The van der Waals surface area contributed by atoms with E-state index in [-0.39, 0.29) is 28.8 Å². The minimum Gasteiger partial charge on any atom is -0.466 e. The second-order valence-electron chi connectivity index (χ2n) is 8.36. The van der Waals surface area contributed by atoms with Gasteiger partial charge in [0, 0.05) is 18.7 Å². The molecule has 2 rings (SSSR count). The molecule has 1 saturated heterocycles. The molecule has 7 nitrogen and oxygen atoms in total. The predicted octanol–water partition coefficient (Wildman–Crippen LogP) is 2.53. The number of rotatable bonds is 6. The number of amides is 2. The quantitative estimate of drug-likeness (QED) is 0.407. The van der Waals surface area contributed by atoms with Gasteiger partial charge in [-0.05, 0) is 41.7 Å². The topological polar surface area (TPSA) is 87.7 Å². The summed E-state index contributed by atoms with van der Waals surface area (Å²) in [6, 6.07) is 6.54. The van der Waals surface area contributed by atoms with Crippen molar-refractivity contribution in [2.24, 2.45) is 0 Å². The van der Waals surface area contributed by atoms with Crippen LogP contribution in [0, 0.1) is 0 Å². The minimum atomic E-state index is -0.802. The van der Waals surface area contributed by atoms with E-state index in [1.54, 1.807) is 17.0 Å². The molecule has 2 N–H and O–H groups in total. The third kappa shape index (κ3) is 6.52. The second kappa shape index (κ2) is 10.5. The first-order valence-electron chi connectivity index (χ1n) is 10.3. The van der Waals surface area contributed by atoms with E-state index in [1.807, 2.05) is 19.1 Å². The van der Waals surface area contributed by atoms with Crippen molar-refractivity contribution < 1.29 is 19.1 Å². The highest BCUT2D eigenvalue weighted by molar-refractivity contribution is 7.80. The molecule has 1 unspecified atom stereocenters. The van der Waals surface area contributed by atoms with E-state index >= 15 is 0 Å². The summed E-state index contributed by atoms with van der Waals surface area (Å²) in [7, 11) is 0. The average Bonchev–Trinajstić information content (AvgIpc) is 2.69. The number of hydrogen-bond acceptors (Lipinski definition) is 5. The maximum absolute atomic E-state index is 12.6. The molecule has 1 aliphatic heterocycles. The molecule has 2 amide bonds. The van der Waals surface area contributed by atoms with E-state index < -0.39 is 12.0 Å². The van der Waals surface area contributed by atoms with Crippen LogP contribution in [0.25, 0.3) is 0 Å². The molecule has 0 bridgehead atoms. The summed E-state index contributed by atoms with van der Waals surface area (Å²) in [6.45, 7) is 9.43. The Morgan fingerprint density at radius 3 is 2.53 bits per heavy atom. The molecular weight excluding hydrogens is 402 g/mol. The fourth-order valence-electron chi connectivity index (χ4n) is 3.07. The van der Waals surface area contributed by atoms with Crippen molar-refractivity contribution in [3.8, 4) is 0 Å². The SMILES string of the molecule is CCCCOC(=O)CC1C(=O)NCCN1C(=S)NC(=O)c1ccc(C(C)(C)C)cc1. The summed E-state index contributed by atoms with van der Waals surface area (Å²) in [5.74, 6) is -1.11. The van der Waals surface area contributed by atoms with Crippen LogP contribution in [0.1, 0.15) is 62.9 Å². The molecule has 30 heavy (non-hydrogen) atoms. The van der Waals surface area contributed by atoms with Crippen molar-refractivity contribution in [3.05, 3.63) is 35.4 Å². The molecule has 0 aromatic heterocycles. The van der Waals surface area contributed by atoms with Crippen LogP contribution < -0.4 is 10.6 Å². The summed E-state index contributed by atoms with van der Waals surface area (Å²) in [5, 5.41) is 5.55. The van der Waals surface area contributed by atoms with Gasteiger partial charge in [0.1, 0.15) is 6.04 Å². The van der Waals surface area contributed by atoms with E-state index in [0.717, 1.165) is 18.4 Å². The second-order valence-corrected chi connectivity index (χ2v) is 8.75. The lowest BCUT2D eigenvalue weighted by Gasteiger charge is -2.36. The molecule has 1 atom stereocenters. The van der Waals surface area contributed by atoms with Gasteiger partial charge >= 0.3 is 5.97 Å². The lowest BCUT2D eigenvalue weighted by atomic mass is 9.87. The summed E-state index contributed by atoms with van der Waals surface area (Å²) in [6.07, 6.45) is 1.57. The monoisotopic (exact) mass is 433 g/mol. The van der Waals surface area contributed by atoms with Crippen LogP contribution >= 0.6 is 12.2 Å². The Morgan fingerprint density at radius 1 is 1.27 bits per heavy atom. The Labute approximate surface area is 183 Å². The van der Waals surface area contributed by atoms with E-state index in [9.17, 15) is 14.4 Å². The van der Waals surface area contributed by atoms with Crippen molar-refractivity contribution in [2.75, 3.05) is 19.7 Å². The summed E-state index contributed by atoms with van der Waals surface area (Å²) >= 11 is 5.39. The lowest BCUT2D eigenvalue weighted by molar-refractivity contribution is -0.147. The molecule has 0 radical (unpaired) electrons. The molecule has 1 aromatic carbocycles. The third-order valence-corrected chi connectivity index (χ3v) is 5.28. The maximum Gasteiger partial charge on any atom is 0.308 e. The van der Waals surface area contributed by atoms with Gasteiger partial charge in [0.05, 0.1) is 13.0 Å². The van der Waals surface area contributed by atoms with Crippen molar-refractivity contribution in [3.63, 3.8) is 0 Å². The highest BCUT2D eigenvalue weighted by Crippen LogP contribution is 2.22. The van der Waals surface area contributed by atoms with Crippen LogP contribution in [0.2, 0.25) is 0 Å². The Balaban J connectivity index is 2.02. The first kappa shape index (κ1) is 23.8. The van der Waals surface area contributed by atoms with E-state index in [0.29, 0.717) is 25.3 Å². The lowest BCUT2D eigenvalue weighted by Crippen LogP contribution is -2.60. The van der Waals surface area contributed by atoms with Gasteiger partial charge in [-0.25, -0.2) is 0 Å². The number of ether oxygens (including phenoxy) is 1. The molecule has 0 spiro atoms. The van der Waals surface area contributed by atoms with Gasteiger partial charge in [-0.15, -0.1) is 0 Å². The highest BCUT2D eigenvalue weighted by Gasteiger charge is 2.34. The molecule has 0 saturated carbocycles. The fraction of sp³-hybridized carbons (Fsp3) is 0.545. The van der Waals surface area contributed by atoms with Crippen molar-refractivity contribution in [1.82, 2.24) is 15.5 Å². The fourth-order valence-corrected chi connectivity index (χ4v) is 3.38. The van der Waals surface area contributed by atoms with Gasteiger partial charge in [0.15, 0.2) is 5.11 Å². The number of unbranched alkanes of at least 4 members (excludes halogenated alkanes) is 1. The van der Waals surface area contributed by atoms with Crippen LogP contribution in [0.5, 0.6) is 0 Å². The average molecular weight is 434 g/mol. The van der Waals surface area contributed by atoms with Gasteiger partial charge in [0.2, 0.25) is 5.91 Å². The third-order valence-electron chi connectivity index (χ3n) is 4.95. The summed E-state index contributed by atoms with van der Waals surface area (Å²) in [4.78, 5) is 38.6. The zero-order valence-electron chi connectivity index (χ0n) is 18.1. The number of carbonyl (C=O) groups is 3. The largest absolute Gasteiger partial charge is 0.466 e. The molecule has 1 aromatic rings.